The Morgan fingerprint density at radius 2 is 2.00 bits per heavy atom. The highest BCUT2D eigenvalue weighted by Gasteiger charge is 2.30. The van der Waals surface area contributed by atoms with Crippen LogP contribution in [0.2, 0.25) is 0 Å². The summed E-state index contributed by atoms with van der Waals surface area (Å²) < 4.78 is 38.7. The van der Waals surface area contributed by atoms with E-state index < -0.39 is 11.7 Å². The first-order chi connectivity index (χ1) is 8.97. The van der Waals surface area contributed by atoms with E-state index in [9.17, 15) is 13.2 Å². The summed E-state index contributed by atoms with van der Waals surface area (Å²) in [4.78, 5) is 3.77. The SMILES string of the molecule is CCc1c(CO)cnn1-c1ccc(C(F)(F)F)cn1. The molecule has 4 nitrogen and oxygen atoms in total. The van der Waals surface area contributed by atoms with Gasteiger partial charge in [0.2, 0.25) is 0 Å². The first-order valence-electron chi connectivity index (χ1n) is 5.67. The Balaban J connectivity index is 2.40. The van der Waals surface area contributed by atoms with Crippen LogP contribution >= 0.6 is 0 Å². The number of aromatic nitrogens is 3. The largest absolute Gasteiger partial charge is 0.417 e. The average molecular weight is 271 g/mol. The quantitative estimate of drug-likeness (QED) is 0.932. The van der Waals surface area contributed by atoms with Gasteiger partial charge in [0.1, 0.15) is 0 Å². The minimum atomic E-state index is -4.40. The molecule has 0 saturated heterocycles. The molecule has 2 aromatic rings. The van der Waals surface area contributed by atoms with Crippen LogP contribution in [-0.4, -0.2) is 19.9 Å². The maximum atomic E-state index is 12.4. The van der Waals surface area contributed by atoms with Gasteiger partial charge in [-0.25, -0.2) is 9.67 Å². The van der Waals surface area contributed by atoms with E-state index in [1.54, 1.807) is 0 Å². The molecule has 0 aliphatic heterocycles. The van der Waals surface area contributed by atoms with Gasteiger partial charge in [-0.3, -0.25) is 0 Å². The molecule has 0 aliphatic carbocycles. The topological polar surface area (TPSA) is 50.9 Å². The molecule has 2 aromatic heterocycles. The lowest BCUT2D eigenvalue weighted by atomic mass is 10.2. The number of aliphatic hydroxyl groups is 1. The van der Waals surface area contributed by atoms with Crippen LogP contribution in [0.3, 0.4) is 0 Å². The lowest BCUT2D eigenvalue weighted by Gasteiger charge is -2.09. The molecule has 102 valence electrons. The molecule has 0 unspecified atom stereocenters. The van der Waals surface area contributed by atoms with Crippen molar-refractivity contribution < 1.29 is 18.3 Å². The van der Waals surface area contributed by atoms with Crippen LogP contribution in [0, 0.1) is 0 Å². The number of halogens is 3. The third-order valence-electron chi connectivity index (χ3n) is 2.75. The van der Waals surface area contributed by atoms with E-state index >= 15 is 0 Å². The van der Waals surface area contributed by atoms with Crippen molar-refractivity contribution in [3.05, 3.63) is 41.3 Å². The van der Waals surface area contributed by atoms with E-state index in [0.29, 0.717) is 17.8 Å². The molecule has 0 saturated carbocycles. The molecule has 0 amide bonds. The normalized spacial score (nSPS) is 11.8. The molecule has 2 heterocycles. The van der Waals surface area contributed by atoms with Crippen molar-refractivity contribution in [2.24, 2.45) is 0 Å². The highest BCUT2D eigenvalue weighted by atomic mass is 19.4. The number of hydrogen-bond donors (Lipinski definition) is 1. The van der Waals surface area contributed by atoms with Crippen molar-refractivity contribution in [2.45, 2.75) is 26.1 Å². The number of aliphatic hydroxyl groups excluding tert-OH is 1. The average Bonchev–Trinajstić information content (AvgIpc) is 2.80. The second-order valence-electron chi connectivity index (χ2n) is 3.94. The van der Waals surface area contributed by atoms with Crippen LogP contribution in [0.25, 0.3) is 5.82 Å². The van der Waals surface area contributed by atoms with Crippen LogP contribution in [0.4, 0.5) is 13.2 Å². The van der Waals surface area contributed by atoms with Crippen LogP contribution in [0.1, 0.15) is 23.7 Å². The summed E-state index contributed by atoms with van der Waals surface area (Å²) in [6.45, 7) is 1.71. The van der Waals surface area contributed by atoms with Gasteiger partial charge < -0.3 is 5.11 Å². The third kappa shape index (κ3) is 2.60. The number of hydrogen-bond acceptors (Lipinski definition) is 3. The molecule has 0 spiro atoms. The van der Waals surface area contributed by atoms with Crippen molar-refractivity contribution in [2.75, 3.05) is 0 Å². The molecule has 1 N–H and O–H groups in total. The molecular weight excluding hydrogens is 259 g/mol. The van der Waals surface area contributed by atoms with E-state index in [4.69, 9.17) is 5.11 Å². The standard InChI is InChI=1S/C12H12F3N3O/c1-2-10-8(7-19)5-17-18(10)11-4-3-9(6-16-11)12(13,14)15/h3-6,19H,2,7H2,1H3. The van der Waals surface area contributed by atoms with E-state index in [2.05, 4.69) is 10.1 Å². The zero-order valence-electron chi connectivity index (χ0n) is 10.1. The molecule has 0 radical (unpaired) electrons. The fourth-order valence-electron chi connectivity index (χ4n) is 1.79. The molecular formula is C12H12F3N3O. The van der Waals surface area contributed by atoms with Gasteiger partial charge in [-0.1, -0.05) is 6.92 Å². The van der Waals surface area contributed by atoms with Gasteiger partial charge in [-0.05, 0) is 18.6 Å². The summed E-state index contributed by atoms with van der Waals surface area (Å²) in [5, 5.41) is 13.2. The summed E-state index contributed by atoms with van der Waals surface area (Å²) in [6, 6.07) is 2.22. The van der Waals surface area contributed by atoms with Crippen molar-refractivity contribution in [3.8, 4) is 5.82 Å². The lowest BCUT2D eigenvalue weighted by Crippen LogP contribution is -2.09. The maximum absolute atomic E-state index is 12.4. The number of rotatable bonds is 3. The summed E-state index contributed by atoms with van der Waals surface area (Å²) in [7, 11) is 0. The molecule has 2 rings (SSSR count). The second-order valence-corrected chi connectivity index (χ2v) is 3.94. The Bertz CT molecular complexity index is 561. The lowest BCUT2D eigenvalue weighted by molar-refractivity contribution is -0.137. The maximum Gasteiger partial charge on any atom is 0.417 e. The van der Waals surface area contributed by atoms with Crippen LogP contribution in [0.5, 0.6) is 0 Å². The van der Waals surface area contributed by atoms with Gasteiger partial charge >= 0.3 is 6.18 Å². The minimum absolute atomic E-state index is 0.163. The number of nitrogens with zero attached hydrogens (tertiary/aromatic N) is 3. The molecule has 0 atom stereocenters. The predicted molar refractivity (Wildman–Crippen MR) is 61.7 cm³/mol. The molecule has 0 aromatic carbocycles. The highest BCUT2D eigenvalue weighted by molar-refractivity contribution is 5.31. The smallest absolute Gasteiger partial charge is 0.392 e. The summed E-state index contributed by atoms with van der Waals surface area (Å²) in [5.74, 6) is 0.296. The van der Waals surface area contributed by atoms with Crippen molar-refractivity contribution in [3.63, 3.8) is 0 Å². The highest BCUT2D eigenvalue weighted by Crippen LogP contribution is 2.28. The Kier molecular flexibility index (Phi) is 3.57. The predicted octanol–water partition coefficient (Wildman–Crippen LogP) is 2.34. The Hall–Kier alpha value is -1.89. The molecule has 0 bridgehead atoms. The molecule has 0 fully saturated rings. The third-order valence-corrected chi connectivity index (χ3v) is 2.75. The van der Waals surface area contributed by atoms with Gasteiger partial charge in [0.15, 0.2) is 5.82 Å². The zero-order valence-corrected chi connectivity index (χ0v) is 10.1. The van der Waals surface area contributed by atoms with Crippen molar-refractivity contribution in [1.29, 1.82) is 0 Å². The summed E-state index contributed by atoms with van der Waals surface area (Å²) in [6.07, 6.45) is -1.55. The summed E-state index contributed by atoms with van der Waals surface area (Å²) >= 11 is 0. The van der Waals surface area contributed by atoms with Gasteiger partial charge in [0, 0.05) is 11.8 Å². The van der Waals surface area contributed by atoms with E-state index in [-0.39, 0.29) is 6.61 Å². The van der Waals surface area contributed by atoms with E-state index in [0.717, 1.165) is 18.0 Å². The second kappa shape index (κ2) is 5.00. The number of pyridine rings is 1. The Morgan fingerprint density at radius 3 is 2.47 bits per heavy atom. The fourth-order valence-corrected chi connectivity index (χ4v) is 1.79. The van der Waals surface area contributed by atoms with E-state index in [1.165, 1.54) is 16.9 Å². The van der Waals surface area contributed by atoms with Crippen molar-refractivity contribution >= 4 is 0 Å². The summed E-state index contributed by atoms with van der Waals surface area (Å²) in [5.41, 5.74) is 0.572. The molecule has 0 aliphatic rings. The van der Waals surface area contributed by atoms with Crippen LogP contribution in [-0.2, 0) is 19.2 Å². The first kappa shape index (κ1) is 13.5. The van der Waals surface area contributed by atoms with Crippen LogP contribution < -0.4 is 0 Å². The van der Waals surface area contributed by atoms with Gasteiger partial charge in [0.05, 0.1) is 24.1 Å². The zero-order chi connectivity index (χ0) is 14.0. The minimum Gasteiger partial charge on any atom is -0.392 e. The van der Waals surface area contributed by atoms with Crippen molar-refractivity contribution in [1.82, 2.24) is 14.8 Å². The van der Waals surface area contributed by atoms with Gasteiger partial charge in [-0.2, -0.15) is 18.3 Å². The fraction of sp³-hybridized carbons (Fsp3) is 0.333. The van der Waals surface area contributed by atoms with Gasteiger partial charge in [0.25, 0.3) is 0 Å². The molecule has 7 heteroatoms. The Morgan fingerprint density at radius 1 is 1.26 bits per heavy atom. The Labute approximate surface area is 107 Å². The number of alkyl halides is 3. The molecule has 19 heavy (non-hydrogen) atoms. The van der Waals surface area contributed by atoms with E-state index in [1.807, 2.05) is 6.92 Å². The monoisotopic (exact) mass is 271 g/mol. The first-order valence-corrected chi connectivity index (χ1v) is 5.67. The van der Waals surface area contributed by atoms with Crippen LogP contribution in [0.15, 0.2) is 24.5 Å². The van der Waals surface area contributed by atoms with Gasteiger partial charge in [-0.15, -0.1) is 0 Å².